The summed E-state index contributed by atoms with van der Waals surface area (Å²) in [7, 11) is 0. The van der Waals surface area contributed by atoms with Crippen LogP contribution in [0, 0.1) is 13.8 Å². The van der Waals surface area contributed by atoms with E-state index >= 15 is 0 Å². The second-order valence-electron chi connectivity index (χ2n) is 3.26. The van der Waals surface area contributed by atoms with Gasteiger partial charge in [0.25, 0.3) is 0 Å². The molecule has 0 saturated heterocycles. The lowest BCUT2D eigenvalue weighted by molar-refractivity contribution is 0.676. The van der Waals surface area contributed by atoms with Crippen LogP contribution < -0.4 is 0 Å². The van der Waals surface area contributed by atoms with Gasteiger partial charge in [-0.3, -0.25) is 0 Å². The van der Waals surface area contributed by atoms with Crippen LogP contribution in [0.25, 0.3) is 11.0 Å². The van der Waals surface area contributed by atoms with Crippen molar-refractivity contribution in [3.63, 3.8) is 0 Å². The molecule has 3 heteroatoms. The molecule has 3 nitrogen and oxygen atoms in total. The third-order valence-corrected chi connectivity index (χ3v) is 2.49. The van der Waals surface area contributed by atoms with E-state index in [0.717, 1.165) is 12.2 Å². The average Bonchev–Trinajstić information content (AvgIpc) is 2.55. The van der Waals surface area contributed by atoms with Gasteiger partial charge < -0.3 is 0 Å². The number of hydrogen-bond acceptors (Lipinski definition) is 2. The van der Waals surface area contributed by atoms with Crippen molar-refractivity contribution in [2.24, 2.45) is 0 Å². The zero-order chi connectivity index (χ0) is 9.42. The van der Waals surface area contributed by atoms with Crippen molar-refractivity contribution in [2.75, 3.05) is 0 Å². The monoisotopic (exact) mass is 175 g/mol. The third-order valence-electron chi connectivity index (χ3n) is 2.49. The van der Waals surface area contributed by atoms with Crippen molar-refractivity contribution in [3.8, 4) is 0 Å². The molecule has 0 unspecified atom stereocenters. The largest absolute Gasteiger partial charge is 0.248 e. The van der Waals surface area contributed by atoms with Crippen LogP contribution in [0.4, 0.5) is 0 Å². The topological polar surface area (TPSA) is 30.7 Å². The molecule has 68 valence electrons. The van der Waals surface area contributed by atoms with Crippen LogP contribution in [0.1, 0.15) is 18.1 Å². The van der Waals surface area contributed by atoms with Gasteiger partial charge in [0.1, 0.15) is 0 Å². The fraction of sp³-hybridized carbons (Fsp3) is 0.400. The number of hydrogen-bond donors (Lipinski definition) is 0. The molecule has 0 aliphatic carbocycles. The van der Waals surface area contributed by atoms with Gasteiger partial charge in [-0.25, -0.2) is 9.67 Å². The van der Waals surface area contributed by atoms with Crippen LogP contribution in [-0.4, -0.2) is 14.8 Å². The highest BCUT2D eigenvalue weighted by Gasteiger charge is 2.05. The molecular weight excluding hydrogens is 162 g/mol. The summed E-state index contributed by atoms with van der Waals surface area (Å²) < 4.78 is 1.92. The van der Waals surface area contributed by atoms with Gasteiger partial charge >= 0.3 is 0 Å². The Morgan fingerprint density at radius 3 is 2.77 bits per heavy atom. The van der Waals surface area contributed by atoms with E-state index in [4.69, 9.17) is 0 Å². The molecule has 0 aliphatic rings. The Labute approximate surface area is 77.4 Å². The SMILES string of the molecule is CCn1ncc2c(C)c(C)cnc21. The zero-order valence-corrected chi connectivity index (χ0v) is 8.20. The normalized spacial score (nSPS) is 11.0. The van der Waals surface area contributed by atoms with Gasteiger partial charge in [-0.15, -0.1) is 0 Å². The van der Waals surface area contributed by atoms with E-state index in [1.807, 2.05) is 17.1 Å². The molecule has 0 spiro atoms. The summed E-state index contributed by atoms with van der Waals surface area (Å²) in [5.41, 5.74) is 3.50. The summed E-state index contributed by atoms with van der Waals surface area (Å²) in [5, 5.41) is 5.44. The Bertz CT molecular complexity index is 443. The third kappa shape index (κ3) is 1.11. The Morgan fingerprint density at radius 2 is 2.08 bits per heavy atom. The van der Waals surface area contributed by atoms with E-state index in [1.165, 1.54) is 16.5 Å². The second kappa shape index (κ2) is 2.83. The molecule has 0 bridgehead atoms. The number of rotatable bonds is 1. The van der Waals surface area contributed by atoms with Crippen molar-refractivity contribution in [3.05, 3.63) is 23.5 Å². The standard InChI is InChI=1S/C10H13N3/c1-4-13-10-9(6-12-13)8(3)7(2)5-11-10/h5-6H,4H2,1-3H3. The molecule has 2 aromatic rings. The van der Waals surface area contributed by atoms with Crippen molar-refractivity contribution in [1.29, 1.82) is 0 Å². The first-order valence-corrected chi connectivity index (χ1v) is 4.51. The van der Waals surface area contributed by atoms with Crippen LogP contribution in [0.2, 0.25) is 0 Å². The second-order valence-corrected chi connectivity index (χ2v) is 3.26. The molecule has 0 amide bonds. The summed E-state index contributed by atoms with van der Waals surface area (Å²) in [6, 6.07) is 0. The smallest absolute Gasteiger partial charge is 0.157 e. The molecule has 0 fully saturated rings. The van der Waals surface area contributed by atoms with Gasteiger partial charge in [0.05, 0.1) is 6.20 Å². The van der Waals surface area contributed by atoms with E-state index in [9.17, 15) is 0 Å². The first-order chi connectivity index (χ1) is 6.24. The molecule has 2 rings (SSSR count). The molecular formula is C10H13N3. The molecule has 0 aliphatic heterocycles. The summed E-state index contributed by atoms with van der Waals surface area (Å²) in [6.45, 7) is 7.13. The molecule has 2 heterocycles. The average molecular weight is 175 g/mol. The number of nitrogens with zero attached hydrogens (tertiary/aromatic N) is 3. The summed E-state index contributed by atoms with van der Waals surface area (Å²) >= 11 is 0. The highest BCUT2D eigenvalue weighted by Crippen LogP contribution is 2.18. The van der Waals surface area contributed by atoms with Crippen molar-refractivity contribution in [2.45, 2.75) is 27.3 Å². The van der Waals surface area contributed by atoms with E-state index in [-0.39, 0.29) is 0 Å². The van der Waals surface area contributed by atoms with Crippen LogP contribution in [0.5, 0.6) is 0 Å². The maximum absolute atomic E-state index is 4.37. The van der Waals surface area contributed by atoms with Crippen molar-refractivity contribution >= 4 is 11.0 Å². The first-order valence-electron chi connectivity index (χ1n) is 4.51. The zero-order valence-electron chi connectivity index (χ0n) is 8.20. The van der Waals surface area contributed by atoms with Crippen molar-refractivity contribution < 1.29 is 0 Å². The number of aromatic nitrogens is 3. The summed E-state index contributed by atoms with van der Waals surface area (Å²) in [6.07, 6.45) is 3.81. The van der Waals surface area contributed by atoms with Gasteiger partial charge in [-0.2, -0.15) is 5.10 Å². The predicted octanol–water partition coefficient (Wildman–Crippen LogP) is 2.07. The van der Waals surface area contributed by atoms with Gasteiger partial charge in [0, 0.05) is 18.1 Å². The predicted molar refractivity (Wildman–Crippen MR) is 52.7 cm³/mol. The first kappa shape index (κ1) is 8.23. The number of fused-ring (bicyclic) bond motifs is 1. The van der Waals surface area contributed by atoms with Crippen molar-refractivity contribution in [1.82, 2.24) is 14.8 Å². The van der Waals surface area contributed by atoms with E-state index in [2.05, 4.69) is 30.9 Å². The Balaban J connectivity index is 2.81. The van der Waals surface area contributed by atoms with Gasteiger partial charge in [0.2, 0.25) is 0 Å². The lowest BCUT2D eigenvalue weighted by atomic mass is 10.1. The van der Waals surface area contributed by atoms with Gasteiger partial charge in [-0.05, 0) is 31.9 Å². The van der Waals surface area contributed by atoms with Crippen LogP contribution in [-0.2, 0) is 6.54 Å². The van der Waals surface area contributed by atoms with Crippen LogP contribution in [0.15, 0.2) is 12.4 Å². The molecule has 0 N–H and O–H groups in total. The van der Waals surface area contributed by atoms with E-state index < -0.39 is 0 Å². The molecule has 0 atom stereocenters. The fourth-order valence-corrected chi connectivity index (χ4v) is 1.48. The molecule has 2 aromatic heterocycles. The summed E-state index contributed by atoms with van der Waals surface area (Å²) in [4.78, 5) is 4.37. The summed E-state index contributed by atoms with van der Waals surface area (Å²) in [5.74, 6) is 0. The Kier molecular flexibility index (Phi) is 1.79. The molecule has 0 saturated carbocycles. The van der Waals surface area contributed by atoms with Crippen LogP contribution in [0.3, 0.4) is 0 Å². The minimum atomic E-state index is 0.874. The number of aryl methyl sites for hydroxylation is 3. The van der Waals surface area contributed by atoms with E-state index in [0.29, 0.717) is 0 Å². The molecule has 0 radical (unpaired) electrons. The maximum Gasteiger partial charge on any atom is 0.157 e. The lowest BCUT2D eigenvalue weighted by Crippen LogP contribution is -1.97. The quantitative estimate of drug-likeness (QED) is 0.664. The highest BCUT2D eigenvalue weighted by molar-refractivity contribution is 5.79. The maximum atomic E-state index is 4.37. The molecule has 13 heavy (non-hydrogen) atoms. The van der Waals surface area contributed by atoms with Crippen LogP contribution >= 0.6 is 0 Å². The minimum Gasteiger partial charge on any atom is -0.248 e. The number of pyridine rings is 1. The van der Waals surface area contributed by atoms with Gasteiger partial charge in [0.15, 0.2) is 5.65 Å². The molecule has 0 aromatic carbocycles. The minimum absolute atomic E-state index is 0.874. The van der Waals surface area contributed by atoms with E-state index in [1.54, 1.807) is 0 Å². The van der Waals surface area contributed by atoms with Gasteiger partial charge in [-0.1, -0.05) is 0 Å². The fourth-order valence-electron chi connectivity index (χ4n) is 1.48. The highest BCUT2D eigenvalue weighted by atomic mass is 15.3. The Morgan fingerprint density at radius 1 is 1.31 bits per heavy atom. The lowest BCUT2D eigenvalue weighted by Gasteiger charge is -2.01. The Hall–Kier alpha value is -1.38.